The SMILES string of the molecule is CC(OC(=O)c1ccc(C#N)cc1)C(=O)NCc1ccc2c(c1)OCO2. The zero-order valence-electron chi connectivity index (χ0n) is 14.0. The van der Waals surface area contributed by atoms with Gasteiger partial charge in [0.2, 0.25) is 6.79 Å². The van der Waals surface area contributed by atoms with Crippen molar-refractivity contribution in [3.63, 3.8) is 0 Å². The molecule has 7 nitrogen and oxygen atoms in total. The monoisotopic (exact) mass is 352 g/mol. The van der Waals surface area contributed by atoms with Crippen LogP contribution >= 0.6 is 0 Å². The van der Waals surface area contributed by atoms with Crippen LogP contribution in [0.5, 0.6) is 11.5 Å². The summed E-state index contributed by atoms with van der Waals surface area (Å²) < 4.78 is 15.7. The second kappa shape index (κ2) is 7.57. The largest absolute Gasteiger partial charge is 0.454 e. The molecule has 132 valence electrons. The molecule has 0 aliphatic carbocycles. The van der Waals surface area contributed by atoms with Crippen molar-refractivity contribution in [1.82, 2.24) is 5.32 Å². The number of nitrogens with zero attached hydrogens (tertiary/aromatic N) is 1. The maximum atomic E-state index is 12.1. The number of fused-ring (bicyclic) bond motifs is 1. The summed E-state index contributed by atoms with van der Waals surface area (Å²) >= 11 is 0. The molecule has 1 aliphatic rings. The number of amides is 1. The second-order valence-electron chi connectivity index (χ2n) is 5.64. The number of esters is 1. The fourth-order valence-electron chi connectivity index (χ4n) is 2.35. The van der Waals surface area contributed by atoms with Crippen LogP contribution in [0.25, 0.3) is 0 Å². The van der Waals surface area contributed by atoms with Gasteiger partial charge in [0.05, 0.1) is 17.2 Å². The first-order chi connectivity index (χ1) is 12.6. The second-order valence-corrected chi connectivity index (χ2v) is 5.64. The van der Waals surface area contributed by atoms with E-state index < -0.39 is 18.0 Å². The van der Waals surface area contributed by atoms with E-state index in [-0.39, 0.29) is 18.9 Å². The molecule has 0 bridgehead atoms. The summed E-state index contributed by atoms with van der Waals surface area (Å²) in [5.74, 6) is 0.270. The smallest absolute Gasteiger partial charge is 0.338 e. The minimum atomic E-state index is -0.952. The van der Waals surface area contributed by atoms with Gasteiger partial charge in [-0.05, 0) is 48.9 Å². The van der Waals surface area contributed by atoms with Crippen molar-refractivity contribution >= 4 is 11.9 Å². The van der Waals surface area contributed by atoms with Crippen molar-refractivity contribution in [3.8, 4) is 17.6 Å². The molecule has 0 radical (unpaired) electrons. The molecule has 0 fully saturated rings. The van der Waals surface area contributed by atoms with E-state index in [1.165, 1.54) is 31.2 Å². The molecule has 26 heavy (non-hydrogen) atoms. The van der Waals surface area contributed by atoms with Crippen molar-refractivity contribution in [2.24, 2.45) is 0 Å². The first-order valence-electron chi connectivity index (χ1n) is 7.94. The molecule has 1 atom stereocenters. The number of rotatable bonds is 5. The zero-order chi connectivity index (χ0) is 18.5. The summed E-state index contributed by atoms with van der Waals surface area (Å²) in [6, 6.07) is 13.3. The van der Waals surface area contributed by atoms with Crippen LogP contribution in [0.4, 0.5) is 0 Å². The summed E-state index contributed by atoms with van der Waals surface area (Å²) in [4.78, 5) is 24.2. The van der Waals surface area contributed by atoms with E-state index in [0.29, 0.717) is 17.1 Å². The Morgan fingerprint density at radius 1 is 1.19 bits per heavy atom. The lowest BCUT2D eigenvalue weighted by Crippen LogP contribution is -2.35. The molecule has 2 aromatic rings. The summed E-state index contributed by atoms with van der Waals surface area (Å²) in [6.07, 6.45) is -0.952. The molecule has 0 spiro atoms. The molecular formula is C19H16N2O5. The molecule has 1 aliphatic heterocycles. The lowest BCUT2D eigenvalue weighted by molar-refractivity contribution is -0.129. The van der Waals surface area contributed by atoms with E-state index in [2.05, 4.69) is 5.32 Å². The Morgan fingerprint density at radius 3 is 2.65 bits per heavy atom. The van der Waals surface area contributed by atoms with E-state index in [9.17, 15) is 9.59 Å². The van der Waals surface area contributed by atoms with Gasteiger partial charge in [-0.25, -0.2) is 4.79 Å². The first-order valence-corrected chi connectivity index (χ1v) is 7.94. The van der Waals surface area contributed by atoms with Crippen LogP contribution in [-0.4, -0.2) is 24.8 Å². The highest BCUT2D eigenvalue weighted by Gasteiger charge is 2.19. The Labute approximate surface area is 150 Å². The summed E-state index contributed by atoms with van der Waals surface area (Å²) in [5, 5.41) is 11.5. The Morgan fingerprint density at radius 2 is 1.92 bits per heavy atom. The van der Waals surface area contributed by atoms with Gasteiger partial charge in [-0.15, -0.1) is 0 Å². The highest BCUT2D eigenvalue weighted by Crippen LogP contribution is 2.32. The lowest BCUT2D eigenvalue weighted by Gasteiger charge is -2.13. The van der Waals surface area contributed by atoms with Gasteiger partial charge in [-0.1, -0.05) is 6.07 Å². The molecule has 1 unspecified atom stereocenters. The zero-order valence-corrected chi connectivity index (χ0v) is 14.0. The van der Waals surface area contributed by atoms with Gasteiger partial charge in [0.25, 0.3) is 5.91 Å². The number of nitrogens with one attached hydrogen (secondary N) is 1. The topological polar surface area (TPSA) is 97.7 Å². The number of carbonyl (C=O) groups is 2. The molecule has 0 saturated heterocycles. The Hall–Kier alpha value is -3.53. The predicted molar refractivity (Wildman–Crippen MR) is 90.4 cm³/mol. The Bertz CT molecular complexity index is 870. The van der Waals surface area contributed by atoms with Gasteiger partial charge in [-0.2, -0.15) is 5.26 Å². The van der Waals surface area contributed by atoms with Crippen LogP contribution in [0.2, 0.25) is 0 Å². The normalized spacial score (nSPS) is 12.8. The van der Waals surface area contributed by atoms with Crippen LogP contribution in [0.15, 0.2) is 42.5 Å². The van der Waals surface area contributed by atoms with Crippen molar-refractivity contribution in [3.05, 3.63) is 59.2 Å². The van der Waals surface area contributed by atoms with Gasteiger partial charge < -0.3 is 19.5 Å². The fourth-order valence-corrected chi connectivity index (χ4v) is 2.35. The molecule has 7 heteroatoms. The van der Waals surface area contributed by atoms with E-state index in [1.807, 2.05) is 12.1 Å². The molecule has 2 aromatic carbocycles. The average Bonchev–Trinajstić information content (AvgIpc) is 3.13. The van der Waals surface area contributed by atoms with E-state index >= 15 is 0 Å². The molecule has 3 rings (SSSR count). The third-order valence-corrected chi connectivity index (χ3v) is 3.81. The summed E-state index contributed by atoms with van der Waals surface area (Å²) in [6.45, 7) is 1.96. The van der Waals surface area contributed by atoms with Crippen LogP contribution in [0.1, 0.15) is 28.4 Å². The van der Waals surface area contributed by atoms with Crippen molar-refractivity contribution in [2.45, 2.75) is 19.6 Å². The van der Waals surface area contributed by atoms with Crippen LogP contribution in [-0.2, 0) is 16.1 Å². The quantitative estimate of drug-likeness (QED) is 0.828. The first kappa shape index (κ1) is 17.3. The number of hydrogen-bond donors (Lipinski definition) is 1. The average molecular weight is 352 g/mol. The lowest BCUT2D eigenvalue weighted by atomic mass is 10.1. The molecule has 0 saturated carbocycles. The standard InChI is InChI=1S/C19H16N2O5/c1-12(26-19(23)15-5-2-13(9-20)3-6-15)18(22)21-10-14-4-7-16-17(8-14)25-11-24-16/h2-8,12H,10-11H2,1H3,(H,21,22). The molecule has 0 aromatic heterocycles. The van der Waals surface area contributed by atoms with Crippen LogP contribution in [0, 0.1) is 11.3 Å². The van der Waals surface area contributed by atoms with E-state index in [4.69, 9.17) is 19.5 Å². The molecular weight excluding hydrogens is 336 g/mol. The number of hydrogen-bond acceptors (Lipinski definition) is 6. The molecule has 1 N–H and O–H groups in total. The van der Waals surface area contributed by atoms with Crippen LogP contribution < -0.4 is 14.8 Å². The summed E-state index contributed by atoms with van der Waals surface area (Å²) in [7, 11) is 0. The summed E-state index contributed by atoms with van der Waals surface area (Å²) in [5.41, 5.74) is 1.56. The molecule has 1 heterocycles. The van der Waals surface area contributed by atoms with Crippen molar-refractivity contribution in [1.29, 1.82) is 5.26 Å². The predicted octanol–water partition coefficient (Wildman–Crippen LogP) is 2.15. The number of ether oxygens (including phenoxy) is 3. The Kier molecular flexibility index (Phi) is 5.04. The van der Waals surface area contributed by atoms with Gasteiger partial charge in [0, 0.05) is 6.54 Å². The van der Waals surface area contributed by atoms with Gasteiger partial charge in [0.15, 0.2) is 17.6 Å². The number of benzene rings is 2. The third kappa shape index (κ3) is 3.92. The van der Waals surface area contributed by atoms with E-state index in [0.717, 1.165) is 5.56 Å². The molecule has 1 amide bonds. The highest BCUT2D eigenvalue weighted by atomic mass is 16.7. The van der Waals surface area contributed by atoms with Crippen LogP contribution in [0.3, 0.4) is 0 Å². The van der Waals surface area contributed by atoms with Crippen molar-refractivity contribution < 1.29 is 23.8 Å². The fraction of sp³-hybridized carbons (Fsp3) is 0.211. The van der Waals surface area contributed by atoms with Gasteiger partial charge in [0.1, 0.15) is 0 Å². The third-order valence-electron chi connectivity index (χ3n) is 3.81. The number of nitriles is 1. The maximum absolute atomic E-state index is 12.1. The minimum absolute atomic E-state index is 0.188. The van der Waals surface area contributed by atoms with E-state index in [1.54, 1.807) is 12.1 Å². The van der Waals surface area contributed by atoms with Gasteiger partial charge >= 0.3 is 5.97 Å². The number of carbonyl (C=O) groups excluding carboxylic acids is 2. The Balaban J connectivity index is 1.52. The highest BCUT2D eigenvalue weighted by molar-refractivity contribution is 5.92. The maximum Gasteiger partial charge on any atom is 0.338 e. The van der Waals surface area contributed by atoms with Gasteiger partial charge in [-0.3, -0.25) is 4.79 Å². The minimum Gasteiger partial charge on any atom is -0.454 e. The van der Waals surface area contributed by atoms with Crippen molar-refractivity contribution in [2.75, 3.05) is 6.79 Å².